The van der Waals surface area contributed by atoms with Crippen LogP contribution in [0.2, 0.25) is 5.15 Å². The van der Waals surface area contributed by atoms with Crippen LogP contribution in [-0.2, 0) is 0 Å². The fourth-order valence-corrected chi connectivity index (χ4v) is 2.63. The number of nitro groups is 1. The van der Waals surface area contributed by atoms with E-state index in [0.717, 1.165) is 12.6 Å². The van der Waals surface area contributed by atoms with Crippen LogP contribution in [0.25, 0.3) is 0 Å². The Labute approximate surface area is 120 Å². The summed E-state index contributed by atoms with van der Waals surface area (Å²) >= 11 is 5.73. The number of piperidine rings is 1. The molecule has 20 heavy (non-hydrogen) atoms. The second-order valence-electron chi connectivity index (χ2n) is 5.09. The van der Waals surface area contributed by atoms with Crippen LogP contribution in [0, 0.1) is 16.0 Å². The SMILES string of the molecule is CC1CC(N)CN(C(=O)c2cc(Cl)ncc2[N+](=O)[O-])C1. The van der Waals surface area contributed by atoms with Crippen molar-refractivity contribution in [1.82, 2.24) is 9.88 Å². The molecule has 1 aromatic rings. The monoisotopic (exact) mass is 298 g/mol. The maximum absolute atomic E-state index is 12.4. The first-order valence-corrected chi connectivity index (χ1v) is 6.61. The molecule has 0 aromatic carbocycles. The number of halogens is 1. The molecular formula is C12H15ClN4O3. The first kappa shape index (κ1) is 14.7. The number of aromatic nitrogens is 1. The summed E-state index contributed by atoms with van der Waals surface area (Å²) in [4.78, 5) is 28.0. The molecule has 2 atom stereocenters. The van der Waals surface area contributed by atoms with Crippen LogP contribution in [0.5, 0.6) is 0 Å². The molecule has 7 nitrogen and oxygen atoms in total. The van der Waals surface area contributed by atoms with E-state index >= 15 is 0 Å². The van der Waals surface area contributed by atoms with Gasteiger partial charge < -0.3 is 10.6 Å². The largest absolute Gasteiger partial charge is 0.337 e. The average Bonchev–Trinajstić information content (AvgIpc) is 2.36. The van der Waals surface area contributed by atoms with E-state index in [2.05, 4.69) is 4.98 Å². The summed E-state index contributed by atoms with van der Waals surface area (Å²) in [6, 6.07) is 1.12. The van der Waals surface area contributed by atoms with E-state index in [-0.39, 0.29) is 28.4 Å². The van der Waals surface area contributed by atoms with E-state index in [0.29, 0.717) is 13.1 Å². The van der Waals surface area contributed by atoms with Crippen LogP contribution in [0.1, 0.15) is 23.7 Å². The Morgan fingerprint density at radius 2 is 2.30 bits per heavy atom. The number of hydrogen-bond donors (Lipinski definition) is 1. The molecule has 1 fully saturated rings. The van der Waals surface area contributed by atoms with Gasteiger partial charge in [-0.2, -0.15) is 0 Å². The van der Waals surface area contributed by atoms with E-state index in [1.165, 1.54) is 11.0 Å². The van der Waals surface area contributed by atoms with E-state index in [1.54, 1.807) is 0 Å². The summed E-state index contributed by atoms with van der Waals surface area (Å²) in [5.74, 6) is -0.165. The first-order chi connectivity index (χ1) is 9.38. The van der Waals surface area contributed by atoms with Crippen LogP contribution < -0.4 is 5.73 Å². The van der Waals surface area contributed by atoms with Crippen molar-refractivity contribution in [2.75, 3.05) is 13.1 Å². The van der Waals surface area contributed by atoms with Crippen molar-refractivity contribution < 1.29 is 9.72 Å². The zero-order chi connectivity index (χ0) is 14.9. The number of carbonyl (C=O) groups is 1. The Kier molecular flexibility index (Phi) is 4.20. The van der Waals surface area contributed by atoms with Crippen molar-refractivity contribution in [3.63, 3.8) is 0 Å². The highest BCUT2D eigenvalue weighted by molar-refractivity contribution is 6.29. The van der Waals surface area contributed by atoms with Crippen molar-refractivity contribution in [2.45, 2.75) is 19.4 Å². The fourth-order valence-electron chi connectivity index (χ4n) is 2.48. The zero-order valence-electron chi connectivity index (χ0n) is 11.0. The molecule has 0 spiro atoms. The van der Waals surface area contributed by atoms with Crippen molar-refractivity contribution in [3.8, 4) is 0 Å². The Morgan fingerprint density at radius 1 is 1.60 bits per heavy atom. The molecule has 0 aliphatic carbocycles. The highest BCUT2D eigenvalue weighted by atomic mass is 35.5. The maximum atomic E-state index is 12.4. The molecule has 1 aliphatic rings. The molecule has 2 rings (SSSR count). The Hall–Kier alpha value is -1.73. The Balaban J connectivity index is 2.33. The molecule has 0 bridgehead atoms. The van der Waals surface area contributed by atoms with Gasteiger partial charge in [-0.3, -0.25) is 14.9 Å². The summed E-state index contributed by atoms with van der Waals surface area (Å²) in [6.45, 7) is 2.91. The van der Waals surface area contributed by atoms with E-state index < -0.39 is 10.8 Å². The van der Waals surface area contributed by atoms with Gasteiger partial charge in [0.2, 0.25) is 0 Å². The summed E-state index contributed by atoms with van der Waals surface area (Å²) in [5, 5.41) is 11.0. The summed E-state index contributed by atoms with van der Waals surface area (Å²) in [7, 11) is 0. The van der Waals surface area contributed by atoms with Crippen molar-refractivity contribution in [1.29, 1.82) is 0 Å². The lowest BCUT2D eigenvalue weighted by atomic mass is 9.96. The van der Waals surface area contributed by atoms with Gasteiger partial charge in [-0.1, -0.05) is 18.5 Å². The smallest absolute Gasteiger partial charge is 0.300 e. The second-order valence-corrected chi connectivity index (χ2v) is 5.48. The van der Waals surface area contributed by atoms with Crippen LogP contribution in [0.15, 0.2) is 12.3 Å². The van der Waals surface area contributed by atoms with Gasteiger partial charge in [-0.05, 0) is 18.4 Å². The van der Waals surface area contributed by atoms with Gasteiger partial charge in [0.15, 0.2) is 0 Å². The molecule has 2 heterocycles. The molecule has 108 valence electrons. The number of pyridine rings is 1. The normalized spacial score (nSPS) is 22.6. The molecule has 0 saturated carbocycles. The first-order valence-electron chi connectivity index (χ1n) is 6.23. The van der Waals surface area contributed by atoms with Gasteiger partial charge in [0.1, 0.15) is 16.9 Å². The molecule has 1 aromatic heterocycles. The third-order valence-corrected chi connectivity index (χ3v) is 3.46. The Morgan fingerprint density at radius 3 is 2.90 bits per heavy atom. The van der Waals surface area contributed by atoms with Crippen LogP contribution in [0.3, 0.4) is 0 Å². The predicted molar refractivity (Wildman–Crippen MR) is 73.6 cm³/mol. The minimum Gasteiger partial charge on any atom is -0.337 e. The number of likely N-dealkylation sites (tertiary alicyclic amines) is 1. The molecule has 1 amide bonds. The van der Waals surface area contributed by atoms with E-state index in [1.807, 2.05) is 6.92 Å². The van der Waals surface area contributed by atoms with Gasteiger partial charge in [0, 0.05) is 19.1 Å². The number of carbonyl (C=O) groups excluding carboxylic acids is 1. The molecule has 0 radical (unpaired) electrons. The van der Waals surface area contributed by atoms with Crippen LogP contribution in [0.4, 0.5) is 5.69 Å². The van der Waals surface area contributed by atoms with Crippen molar-refractivity contribution in [2.24, 2.45) is 11.7 Å². The summed E-state index contributed by atoms with van der Waals surface area (Å²) < 4.78 is 0. The average molecular weight is 299 g/mol. The molecule has 1 saturated heterocycles. The zero-order valence-corrected chi connectivity index (χ0v) is 11.7. The molecule has 2 N–H and O–H groups in total. The molecule has 2 unspecified atom stereocenters. The third-order valence-electron chi connectivity index (χ3n) is 3.26. The van der Waals surface area contributed by atoms with Gasteiger partial charge in [0.05, 0.1) is 4.92 Å². The number of nitrogens with two attached hydrogens (primary N) is 1. The van der Waals surface area contributed by atoms with Gasteiger partial charge in [0.25, 0.3) is 11.6 Å². The topological polar surface area (TPSA) is 102 Å². The summed E-state index contributed by atoms with van der Waals surface area (Å²) in [5.41, 5.74) is 5.51. The van der Waals surface area contributed by atoms with Gasteiger partial charge >= 0.3 is 0 Å². The minimum atomic E-state index is -0.635. The lowest BCUT2D eigenvalue weighted by Gasteiger charge is -2.34. The molecular weight excluding hydrogens is 284 g/mol. The van der Waals surface area contributed by atoms with E-state index in [9.17, 15) is 14.9 Å². The molecule has 1 aliphatic heterocycles. The summed E-state index contributed by atoms with van der Waals surface area (Å²) in [6.07, 6.45) is 1.84. The highest BCUT2D eigenvalue weighted by Gasteiger charge is 2.30. The van der Waals surface area contributed by atoms with Gasteiger partial charge in [-0.25, -0.2) is 4.98 Å². The number of amides is 1. The minimum absolute atomic E-state index is 0.0451. The highest BCUT2D eigenvalue weighted by Crippen LogP contribution is 2.24. The number of rotatable bonds is 2. The molecule has 8 heteroatoms. The third kappa shape index (κ3) is 3.05. The van der Waals surface area contributed by atoms with Crippen LogP contribution >= 0.6 is 11.6 Å². The Bertz CT molecular complexity index is 542. The van der Waals surface area contributed by atoms with Crippen molar-refractivity contribution >= 4 is 23.2 Å². The second kappa shape index (κ2) is 5.72. The van der Waals surface area contributed by atoms with Crippen LogP contribution in [-0.4, -0.2) is 39.8 Å². The standard InChI is InChI=1S/C12H15ClN4O3/c1-7-2-8(14)6-16(5-7)12(18)9-3-11(13)15-4-10(9)17(19)20/h3-4,7-8H,2,5-6,14H2,1H3. The van der Waals surface area contributed by atoms with E-state index in [4.69, 9.17) is 17.3 Å². The number of nitrogens with zero attached hydrogens (tertiary/aromatic N) is 3. The quantitative estimate of drug-likeness (QED) is 0.506. The number of hydrogen-bond acceptors (Lipinski definition) is 5. The van der Waals surface area contributed by atoms with Crippen molar-refractivity contribution in [3.05, 3.63) is 33.1 Å². The fraction of sp³-hybridized carbons (Fsp3) is 0.500. The maximum Gasteiger partial charge on any atom is 0.300 e. The predicted octanol–water partition coefficient (Wildman–Crippen LogP) is 1.45. The van der Waals surface area contributed by atoms with Gasteiger partial charge in [-0.15, -0.1) is 0 Å². The lowest BCUT2D eigenvalue weighted by Crippen LogP contribution is -2.48. The lowest BCUT2D eigenvalue weighted by molar-refractivity contribution is -0.385.